The first-order valence-corrected chi connectivity index (χ1v) is 11.2. The van der Waals surface area contributed by atoms with Crippen LogP contribution in [0.4, 0.5) is 43.9 Å². The summed E-state index contributed by atoms with van der Waals surface area (Å²) in [6, 6.07) is 4.13. The quantitative estimate of drug-likeness (QED) is 0.351. The number of rotatable bonds is 8. The first-order valence-electron chi connectivity index (χ1n) is 8.31. The zero-order valence-corrected chi connectivity index (χ0v) is 18.0. The summed E-state index contributed by atoms with van der Waals surface area (Å²) in [4.78, 5) is 0. The maximum atomic E-state index is 12.3. The first-order chi connectivity index (χ1) is 14.6. The number of aromatic nitrogens is 1. The molecule has 0 radical (unpaired) electrons. The van der Waals surface area contributed by atoms with E-state index in [1.807, 2.05) is 6.08 Å². The van der Waals surface area contributed by atoms with Crippen molar-refractivity contribution >= 4 is 26.1 Å². The van der Waals surface area contributed by atoms with Gasteiger partial charge in [-0.25, -0.2) is 21.4 Å². The van der Waals surface area contributed by atoms with Gasteiger partial charge >= 0.3 is 22.9 Å². The van der Waals surface area contributed by atoms with Crippen LogP contribution in [0.25, 0.3) is 10.2 Å². The van der Waals surface area contributed by atoms with Crippen molar-refractivity contribution in [3.05, 3.63) is 40.8 Å². The lowest BCUT2D eigenvalue weighted by Gasteiger charge is -2.31. The van der Waals surface area contributed by atoms with Crippen LogP contribution in [0.2, 0.25) is 0 Å². The SMILES string of the molecule is C=Cc1ccc[n+](CCCC)c1.O=S(=O)([N-]S(=O)(=O)C(F)(F)C(F)(F)F)C(F)(F)C(F)(F)F. The molecule has 0 saturated heterocycles. The number of sulfonamides is 2. The molecule has 1 rings (SSSR count). The van der Waals surface area contributed by atoms with Gasteiger partial charge in [-0.15, -0.1) is 0 Å². The fourth-order valence-corrected chi connectivity index (χ4v) is 4.03. The number of nitrogens with zero attached hydrogens (tertiary/aromatic N) is 2. The van der Waals surface area contributed by atoms with Crippen molar-refractivity contribution in [3.63, 3.8) is 0 Å². The molecule has 0 saturated carbocycles. The molecule has 0 aromatic carbocycles. The summed E-state index contributed by atoms with van der Waals surface area (Å²) >= 11 is 0. The third-order valence-electron chi connectivity index (χ3n) is 3.39. The first kappa shape index (κ1) is 31.0. The largest absolute Gasteiger partial charge is 0.467 e. The summed E-state index contributed by atoms with van der Waals surface area (Å²) in [5, 5.41) is -14.0. The van der Waals surface area contributed by atoms with Gasteiger partial charge in [0.05, 0.1) is 0 Å². The Labute approximate surface area is 182 Å². The van der Waals surface area contributed by atoms with Gasteiger partial charge in [-0.1, -0.05) is 26.0 Å². The molecule has 6 nitrogen and oxygen atoms in total. The third-order valence-corrected chi connectivity index (χ3v) is 6.72. The molecule has 0 bridgehead atoms. The number of alkyl halides is 10. The third kappa shape index (κ3) is 7.53. The standard InChI is InChI=1S/C11H16N.C4F10NO4S2/c1-3-5-8-12-9-6-7-11(4-2)10-12;5-1(6,7)3(11,12)20(16,17)15-21(18,19)4(13,14)2(8,9)10/h4,6-7,9-10H,2-3,5,8H2,1H3;/q+1;-1. The Morgan fingerprint density at radius 2 is 1.33 bits per heavy atom. The van der Waals surface area contributed by atoms with Gasteiger partial charge in [-0.3, -0.25) is 0 Å². The Kier molecular flexibility index (Phi) is 9.92. The van der Waals surface area contributed by atoms with E-state index >= 15 is 0 Å². The molecule has 0 unspecified atom stereocenters. The van der Waals surface area contributed by atoms with Crippen LogP contribution < -0.4 is 4.57 Å². The van der Waals surface area contributed by atoms with Gasteiger partial charge in [0.15, 0.2) is 32.4 Å². The molecule has 192 valence electrons. The number of pyridine rings is 1. The second-order valence-corrected chi connectivity index (χ2v) is 9.51. The number of hydrogen-bond donors (Lipinski definition) is 0. The smallest absolute Gasteiger partial charge is 0.425 e. The zero-order valence-electron chi connectivity index (χ0n) is 16.3. The number of hydrogen-bond acceptors (Lipinski definition) is 4. The highest BCUT2D eigenvalue weighted by molar-refractivity contribution is 8.13. The van der Waals surface area contributed by atoms with Gasteiger partial charge in [0.1, 0.15) is 6.54 Å². The van der Waals surface area contributed by atoms with Gasteiger partial charge in [-0.05, 0) is 6.07 Å². The molecule has 18 heteroatoms. The van der Waals surface area contributed by atoms with Crippen molar-refractivity contribution in [2.45, 2.75) is 49.2 Å². The fourth-order valence-electron chi connectivity index (χ4n) is 1.66. The van der Waals surface area contributed by atoms with Crippen LogP contribution in [-0.2, 0) is 26.6 Å². The van der Waals surface area contributed by atoms with Gasteiger partial charge < -0.3 is 4.13 Å². The lowest BCUT2D eigenvalue weighted by Crippen LogP contribution is -2.48. The molecule has 0 aliphatic rings. The molecular weight excluding hydrogens is 526 g/mol. The molecule has 1 aromatic rings. The van der Waals surface area contributed by atoms with E-state index in [2.05, 4.69) is 42.6 Å². The monoisotopic (exact) mass is 542 g/mol. The van der Waals surface area contributed by atoms with Crippen LogP contribution in [0.15, 0.2) is 31.1 Å². The second-order valence-electron chi connectivity index (χ2n) is 5.99. The number of unbranched alkanes of at least 4 members (excludes halogenated alkanes) is 1. The predicted octanol–water partition coefficient (Wildman–Crippen LogP) is 4.75. The van der Waals surface area contributed by atoms with Crippen molar-refractivity contribution in [1.29, 1.82) is 0 Å². The minimum atomic E-state index is -7.62. The van der Waals surface area contributed by atoms with Crippen molar-refractivity contribution < 1.29 is 65.3 Å². The van der Waals surface area contributed by atoms with Crippen LogP contribution in [0.3, 0.4) is 0 Å². The summed E-state index contributed by atoms with van der Waals surface area (Å²) < 4.78 is 163. The molecule has 1 aromatic heterocycles. The van der Waals surface area contributed by atoms with Gasteiger partial charge in [0.25, 0.3) is 0 Å². The van der Waals surface area contributed by atoms with Gasteiger partial charge in [0, 0.05) is 18.1 Å². The Balaban J connectivity index is 0.000000716. The van der Waals surface area contributed by atoms with Crippen molar-refractivity contribution in [2.75, 3.05) is 0 Å². The minimum absolute atomic E-state index is 0.422. The topological polar surface area (TPSA) is 86.3 Å². The van der Waals surface area contributed by atoms with Crippen molar-refractivity contribution in [2.24, 2.45) is 0 Å². The average Bonchev–Trinajstić information content (AvgIpc) is 2.64. The van der Waals surface area contributed by atoms with Crippen LogP contribution in [0.5, 0.6) is 0 Å². The van der Waals surface area contributed by atoms with Crippen LogP contribution in [-0.4, -0.2) is 39.7 Å². The van der Waals surface area contributed by atoms with E-state index in [-0.39, 0.29) is 0 Å². The summed E-state index contributed by atoms with van der Waals surface area (Å²) in [5.41, 5.74) is 1.19. The number of halogens is 10. The van der Waals surface area contributed by atoms with E-state index < -0.39 is 42.9 Å². The normalized spacial score (nSPS) is 13.8. The fraction of sp³-hybridized carbons (Fsp3) is 0.533. The molecule has 33 heavy (non-hydrogen) atoms. The molecule has 0 aliphatic heterocycles. The molecule has 0 amide bonds. The maximum Gasteiger partial charge on any atom is 0.467 e. The highest BCUT2D eigenvalue weighted by atomic mass is 32.3. The Bertz CT molecular complexity index is 966. The van der Waals surface area contributed by atoms with Crippen LogP contribution in [0, 0.1) is 0 Å². The lowest BCUT2D eigenvalue weighted by atomic mass is 10.2. The molecule has 1 heterocycles. The van der Waals surface area contributed by atoms with Crippen molar-refractivity contribution in [1.82, 2.24) is 0 Å². The summed E-state index contributed by atoms with van der Waals surface area (Å²) in [6.45, 7) is 7.05. The Hall–Kier alpha value is -1.95. The molecule has 0 spiro atoms. The lowest BCUT2D eigenvalue weighted by molar-refractivity contribution is -0.697. The molecule has 0 fully saturated rings. The van der Waals surface area contributed by atoms with E-state index in [0.717, 1.165) is 6.54 Å². The Morgan fingerprint density at radius 1 is 0.909 bits per heavy atom. The molecular formula is C15H16F10N2O4S2. The minimum Gasteiger partial charge on any atom is -0.425 e. The average molecular weight is 542 g/mol. The summed E-state index contributed by atoms with van der Waals surface area (Å²) in [7, 11) is -15.2. The molecule has 0 N–H and O–H groups in total. The van der Waals surface area contributed by atoms with E-state index in [1.165, 1.54) is 18.4 Å². The zero-order chi connectivity index (χ0) is 26.5. The van der Waals surface area contributed by atoms with E-state index in [1.54, 1.807) is 0 Å². The maximum absolute atomic E-state index is 12.3. The van der Waals surface area contributed by atoms with E-state index in [4.69, 9.17) is 0 Å². The highest BCUT2D eigenvalue weighted by Crippen LogP contribution is 2.47. The van der Waals surface area contributed by atoms with Crippen molar-refractivity contribution in [3.8, 4) is 0 Å². The second kappa shape index (κ2) is 10.5. The van der Waals surface area contributed by atoms with E-state index in [9.17, 15) is 60.7 Å². The predicted molar refractivity (Wildman–Crippen MR) is 94.8 cm³/mol. The molecule has 0 atom stereocenters. The van der Waals surface area contributed by atoms with Crippen LogP contribution in [0.1, 0.15) is 25.3 Å². The molecule has 0 aliphatic carbocycles. The van der Waals surface area contributed by atoms with E-state index in [0.29, 0.717) is 4.13 Å². The highest BCUT2D eigenvalue weighted by Gasteiger charge is 2.68. The summed E-state index contributed by atoms with van der Waals surface area (Å²) in [6.07, 6.45) is -5.42. The van der Waals surface area contributed by atoms with Crippen LogP contribution >= 0.6 is 0 Å². The van der Waals surface area contributed by atoms with Gasteiger partial charge in [-0.2, -0.15) is 43.9 Å². The Morgan fingerprint density at radius 3 is 1.67 bits per heavy atom. The van der Waals surface area contributed by atoms with Gasteiger partial charge in [0.2, 0.25) is 0 Å². The summed E-state index contributed by atoms with van der Waals surface area (Å²) in [5.74, 6) is 0. The number of aryl methyl sites for hydroxylation is 1.